The fourth-order valence-corrected chi connectivity index (χ4v) is 2.35. The van der Waals surface area contributed by atoms with Crippen molar-refractivity contribution in [2.75, 3.05) is 13.1 Å². The zero-order chi connectivity index (χ0) is 14.1. The Morgan fingerprint density at radius 1 is 1.45 bits per heavy atom. The van der Waals surface area contributed by atoms with Crippen LogP contribution in [0.2, 0.25) is 0 Å². The molecule has 104 valence electrons. The molecule has 0 aromatic carbocycles. The monoisotopic (exact) mass is 273 g/mol. The average molecular weight is 273 g/mol. The van der Waals surface area contributed by atoms with Crippen molar-refractivity contribution in [3.63, 3.8) is 0 Å². The van der Waals surface area contributed by atoms with Crippen LogP contribution in [0, 0.1) is 6.92 Å². The largest absolute Gasteiger partial charge is 0.476 e. The molecule has 0 aliphatic carbocycles. The highest BCUT2D eigenvalue weighted by Gasteiger charge is 2.29. The van der Waals surface area contributed by atoms with Gasteiger partial charge in [-0.2, -0.15) is 0 Å². The molecule has 3 rings (SSSR count). The molecule has 1 aliphatic rings. The number of rotatable bonds is 4. The summed E-state index contributed by atoms with van der Waals surface area (Å²) in [5, 5.41) is 16.3. The van der Waals surface area contributed by atoms with Gasteiger partial charge in [0.05, 0.1) is 12.2 Å². The molecule has 0 spiro atoms. The lowest BCUT2D eigenvalue weighted by molar-refractivity contribution is 0.0690. The van der Waals surface area contributed by atoms with Gasteiger partial charge in [0.2, 0.25) is 0 Å². The number of nitrogens with zero attached hydrogens (tertiary/aromatic N) is 5. The van der Waals surface area contributed by atoms with Crippen molar-refractivity contribution < 1.29 is 9.90 Å². The first-order valence-electron chi connectivity index (χ1n) is 6.40. The quantitative estimate of drug-likeness (QED) is 0.884. The van der Waals surface area contributed by atoms with Gasteiger partial charge in [-0.25, -0.2) is 9.48 Å². The second kappa shape index (κ2) is 5.01. The Morgan fingerprint density at radius 2 is 2.25 bits per heavy atom. The molecule has 2 aromatic heterocycles. The van der Waals surface area contributed by atoms with Crippen LogP contribution in [0.25, 0.3) is 0 Å². The first kappa shape index (κ1) is 12.7. The van der Waals surface area contributed by atoms with Gasteiger partial charge in [-0.05, 0) is 18.1 Å². The Hall–Kier alpha value is -2.28. The van der Waals surface area contributed by atoms with E-state index >= 15 is 0 Å². The second-order valence-electron chi connectivity index (χ2n) is 5.11. The molecule has 0 bridgehead atoms. The Balaban J connectivity index is 1.57. The lowest BCUT2D eigenvalue weighted by atomic mass is 10.1. The molecule has 1 aliphatic heterocycles. The Bertz CT molecular complexity index is 633. The molecule has 7 heteroatoms. The van der Waals surface area contributed by atoms with E-state index in [9.17, 15) is 4.79 Å². The standard InChI is InChI=1S/C13H15N5O2/c1-9-2-10(4-14-3-9)5-17-6-11(7-17)18-8-12(13(19)20)15-16-18/h2-4,8,11H,5-7H2,1H3,(H,19,20). The molecule has 1 N–H and O–H groups in total. The van der Waals surface area contributed by atoms with Crippen molar-refractivity contribution in [2.24, 2.45) is 0 Å². The third-order valence-corrected chi connectivity index (χ3v) is 3.38. The molecule has 0 amide bonds. The van der Waals surface area contributed by atoms with Crippen LogP contribution < -0.4 is 0 Å². The van der Waals surface area contributed by atoms with Gasteiger partial charge in [0.1, 0.15) is 0 Å². The number of hydrogen-bond acceptors (Lipinski definition) is 5. The van der Waals surface area contributed by atoms with Gasteiger partial charge in [0.15, 0.2) is 5.69 Å². The molecule has 1 saturated heterocycles. The van der Waals surface area contributed by atoms with E-state index in [1.165, 1.54) is 11.8 Å². The van der Waals surface area contributed by atoms with E-state index < -0.39 is 5.97 Å². The molecule has 0 radical (unpaired) electrons. The van der Waals surface area contributed by atoms with Gasteiger partial charge in [0.25, 0.3) is 0 Å². The van der Waals surface area contributed by atoms with Crippen LogP contribution in [0.3, 0.4) is 0 Å². The predicted octanol–water partition coefficient (Wildman–Crippen LogP) is 0.737. The van der Waals surface area contributed by atoms with Crippen LogP contribution in [-0.4, -0.2) is 49.0 Å². The summed E-state index contributed by atoms with van der Waals surface area (Å²) in [4.78, 5) is 17.2. The number of likely N-dealkylation sites (tertiary alicyclic amines) is 1. The smallest absolute Gasteiger partial charge is 0.358 e. The Kier molecular flexibility index (Phi) is 3.19. The summed E-state index contributed by atoms with van der Waals surface area (Å²) in [6.07, 6.45) is 5.20. The van der Waals surface area contributed by atoms with E-state index in [4.69, 9.17) is 5.11 Å². The molecule has 2 aromatic rings. The summed E-state index contributed by atoms with van der Waals surface area (Å²) in [5.74, 6) is -1.04. The lowest BCUT2D eigenvalue weighted by Gasteiger charge is -2.38. The molecule has 0 saturated carbocycles. The number of hydrogen-bond donors (Lipinski definition) is 1. The third kappa shape index (κ3) is 2.53. The zero-order valence-electron chi connectivity index (χ0n) is 11.1. The first-order chi connectivity index (χ1) is 9.61. The fourth-order valence-electron chi connectivity index (χ4n) is 2.35. The molecule has 3 heterocycles. The van der Waals surface area contributed by atoms with E-state index in [1.54, 1.807) is 4.68 Å². The van der Waals surface area contributed by atoms with Crippen molar-refractivity contribution in [1.29, 1.82) is 0 Å². The summed E-state index contributed by atoms with van der Waals surface area (Å²) in [6, 6.07) is 2.33. The van der Waals surface area contributed by atoms with Crippen LogP contribution in [-0.2, 0) is 6.54 Å². The van der Waals surface area contributed by atoms with Gasteiger partial charge in [-0.3, -0.25) is 9.88 Å². The number of carboxylic acids is 1. The van der Waals surface area contributed by atoms with E-state index in [0.717, 1.165) is 25.2 Å². The maximum atomic E-state index is 10.7. The maximum absolute atomic E-state index is 10.7. The molecule has 1 fully saturated rings. The van der Waals surface area contributed by atoms with Crippen molar-refractivity contribution in [1.82, 2.24) is 24.9 Å². The third-order valence-electron chi connectivity index (χ3n) is 3.38. The van der Waals surface area contributed by atoms with Gasteiger partial charge >= 0.3 is 5.97 Å². The van der Waals surface area contributed by atoms with E-state index in [-0.39, 0.29) is 11.7 Å². The topological polar surface area (TPSA) is 84.1 Å². The molecule has 0 unspecified atom stereocenters. The minimum absolute atomic E-state index is 0.00802. The minimum Gasteiger partial charge on any atom is -0.476 e. The van der Waals surface area contributed by atoms with Crippen LogP contribution in [0.4, 0.5) is 0 Å². The minimum atomic E-state index is -1.04. The SMILES string of the molecule is Cc1cncc(CN2CC(n3cc(C(=O)O)nn3)C2)c1. The summed E-state index contributed by atoms with van der Waals surface area (Å²) in [6.45, 7) is 4.57. The van der Waals surface area contributed by atoms with Gasteiger partial charge in [-0.1, -0.05) is 11.3 Å². The number of aromatic carboxylic acids is 1. The molecule has 20 heavy (non-hydrogen) atoms. The normalized spacial score (nSPS) is 16.1. The van der Waals surface area contributed by atoms with Crippen LogP contribution in [0.15, 0.2) is 24.7 Å². The number of carboxylic acid groups (broad SMARTS) is 1. The average Bonchev–Trinajstić information content (AvgIpc) is 2.82. The van der Waals surface area contributed by atoms with Gasteiger partial charge in [-0.15, -0.1) is 5.10 Å². The summed E-state index contributed by atoms with van der Waals surface area (Å²) < 4.78 is 1.63. The summed E-state index contributed by atoms with van der Waals surface area (Å²) >= 11 is 0. The molecule has 0 atom stereocenters. The summed E-state index contributed by atoms with van der Waals surface area (Å²) in [5.41, 5.74) is 2.33. The molecule has 7 nitrogen and oxygen atoms in total. The van der Waals surface area contributed by atoms with Crippen molar-refractivity contribution >= 4 is 5.97 Å². The van der Waals surface area contributed by atoms with Crippen molar-refractivity contribution in [3.05, 3.63) is 41.5 Å². The highest BCUT2D eigenvalue weighted by Crippen LogP contribution is 2.22. The lowest BCUT2D eigenvalue weighted by Crippen LogP contribution is -2.47. The van der Waals surface area contributed by atoms with Crippen molar-refractivity contribution in [3.8, 4) is 0 Å². The van der Waals surface area contributed by atoms with E-state index in [0.29, 0.717) is 0 Å². The molecular weight excluding hydrogens is 258 g/mol. The summed E-state index contributed by atoms with van der Waals surface area (Å²) in [7, 11) is 0. The first-order valence-corrected chi connectivity index (χ1v) is 6.40. The zero-order valence-corrected chi connectivity index (χ0v) is 11.1. The van der Waals surface area contributed by atoms with E-state index in [2.05, 4.69) is 26.3 Å². The Labute approximate surface area is 115 Å². The van der Waals surface area contributed by atoms with Gasteiger partial charge < -0.3 is 5.11 Å². The predicted molar refractivity (Wildman–Crippen MR) is 70.3 cm³/mol. The second-order valence-corrected chi connectivity index (χ2v) is 5.11. The maximum Gasteiger partial charge on any atom is 0.358 e. The fraction of sp³-hybridized carbons (Fsp3) is 0.385. The number of aromatic nitrogens is 4. The Morgan fingerprint density at radius 3 is 2.90 bits per heavy atom. The highest BCUT2D eigenvalue weighted by atomic mass is 16.4. The van der Waals surface area contributed by atoms with E-state index in [1.807, 2.05) is 19.3 Å². The van der Waals surface area contributed by atoms with Crippen LogP contribution >= 0.6 is 0 Å². The molecular formula is C13H15N5O2. The number of pyridine rings is 1. The number of carbonyl (C=O) groups is 1. The van der Waals surface area contributed by atoms with Gasteiger partial charge in [0, 0.05) is 32.0 Å². The van der Waals surface area contributed by atoms with Crippen LogP contribution in [0.5, 0.6) is 0 Å². The van der Waals surface area contributed by atoms with Crippen molar-refractivity contribution in [2.45, 2.75) is 19.5 Å². The number of aryl methyl sites for hydroxylation is 1. The highest BCUT2D eigenvalue weighted by molar-refractivity contribution is 5.84. The van der Waals surface area contributed by atoms with Crippen LogP contribution in [0.1, 0.15) is 27.7 Å².